The van der Waals surface area contributed by atoms with Crippen molar-refractivity contribution >= 4 is 5.91 Å². The fourth-order valence-electron chi connectivity index (χ4n) is 2.94. The highest BCUT2D eigenvalue weighted by Gasteiger charge is 2.14. The standard InChI is InChI=1S/C19H21NO3/c21-10-11-23-18-7-2-1-4-17(18)13-20-19(22)16-9-8-14-5-3-6-15(14)12-16/h1-2,4,7-9,12,21H,3,5-6,10-11,13H2,(H,20,22). The minimum absolute atomic E-state index is 0.0319. The highest BCUT2D eigenvalue weighted by molar-refractivity contribution is 5.94. The van der Waals surface area contributed by atoms with E-state index in [2.05, 4.69) is 11.4 Å². The third-order valence-corrected chi connectivity index (χ3v) is 4.12. The van der Waals surface area contributed by atoms with Gasteiger partial charge in [-0.15, -0.1) is 0 Å². The maximum absolute atomic E-state index is 12.4. The molecule has 0 heterocycles. The van der Waals surface area contributed by atoms with Crippen LogP contribution in [0.4, 0.5) is 0 Å². The molecule has 3 rings (SSSR count). The summed E-state index contributed by atoms with van der Waals surface area (Å²) in [5.74, 6) is 0.618. The molecule has 0 unspecified atom stereocenters. The topological polar surface area (TPSA) is 58.6 Å². The van der Waals surface area contributed by atoms with Crippen LogP contribution in [0, 0.1) is 0 Å². The third kappa shape index (κ3) is 3.71. The molecule has 0 aromatic heterocycles. The van der Waals surface area contributed by atoms with Gasteiger partial charge in [-0.1, -0.05) is 24.3 Å². The molecule has 0 bridgehead atoms. The fraction of sp³-hybridized carbons (Fsp3) is 0.316. The van der Waals surface area contributed by atoms with Crippen LogP contribution in [0.1, 0.15) is 33.5 Å². The first kappa shape index (κ1) is 15.6. The second kappa shape index (κ2) is 7.29. The van der Waals surface area contributed by atoms with Gasteiger partial charge in [-0.2, -0.15) is 0 Å². The summed E-state index contributed by atoms with van der Waals surface area (Å²) >= 11 is 0. The van der Waals surface area contributed by atoms with E-state index in [4.69, 9.17) is 9.84 Å². The number of rotatable bonds is 6. The molecule has 0 spiro atoms. The molecule has 0 aliphatic heterocycles. The molecule has 2 aromatic carbocycles. The Morgan fingerprint density at radius 2 is 1.96 bits per heavy atom. The minimum atomic E-state index is -0.0725. The number of hydrogen-bond donors (Lipinski definition) is 2. The molecular formula is C19H21NO3. The van der Waals surface area contributed by atoms with Crippen LogP contribution in [0.3, 0.4) is 0 Å². The first-order valence-corrected chi connectivity index (χ1v) is 7.99. The molecule has 0 radical (unpaired) electrons. The number of para-hydroxylation sites is 1. The summed E-state index contributed by atoms with van der Waals surface area (Å²) in [6.45, 7) is 0.614. The lowest BCUT2D eigenvalue weighted by Gasteiger charge is -2.12. The largest absolute Gasteiger partial charge is 0.491 e. The Hall–Kier alpha value is -2.33. The normalized spacial score (nSPS) is 12.7. The zero-order valence-corrected chi connectivity index (χ0v) is 13.0. The molecular weight excluding hydrogens is 290 g/mol. The SMILES string of the molecule is O=C(NCc1ccccc1OCCO)c1ccc2c(c1)CCC2. The molecule has 2 N–H and O–H groups in total. The second-order valence-corrected chi connectivity index (χ2v) is 5.70. The minimum Gasteiger partial charge on any atom is -0.491 e. The number of aryl methyl sites for hydroxylation is 2. The van der Waals surface area contributed by atoms with Gasteiger partial charge in [0.15, 0.2) is 0 Å². The van der Waals surface area contributed by atoms with E-state index in [1.165, 1.54) is 17.5 Å². The van der Waals surface area contributed by atoms with Crippen LogP contribution >= 0.6 is 0 Å². The summed E-state index contributed by atoms with van der Waals surface area (Å²) in [7, 11) is 0. The fourth-order valence-corrected chi connectivity index (χ4v) is 2.94. The first-order valence-electron chi connectivity index (χ1n) is 7.99. The Kier molecular flexibility index (Phi) is 4.93. The van der Waals surface area contributed by atoms with Crippen LogP contribution in [0.25, 0.3) is 0 Å². The van der Waals surface area contributed by atoms with Crippen molar-refractivity contribution in [3.05, 3.63) is 64.7 Å². The number of benzene rings is 2. The van der Waals surface area contributed by atoms with Gasteiger partial charge in [-0.3, -0.25) is 4.79 Å². The van der Waals surface area contributed by atoms with Crippen molar-refractivity contribution in [2.45, 2.75) is 25.8 Å². The Balaban J connectivity index is 1.65. The maximum Gasteiger partial charge on any atom is 0.251 e. The van der Waals surface area contributed by atoms with Gasteiger partial charge in [-0.05, 0) is 48.6 Å². The second-order valence-electron chi connectivity index (χ2n) is 5.70. The predicted molar refractivity (Wildman–Crippen MR) is 88.7 cm³/mol. The monoisotopic (exact) mass is 311 g/mol. The molecule has 0 atom stereocenters. The third-order valence-electron chi connectivity index (χ3n) is 4.12. The quantitative estimate of drug-likeness (QED) is 0.861. The Labute approximate surface area is 136 Å². The molecule has 4 heteroatoms. The van der Waals surface area contributed by atoms with E-state index in [1.807, 2.05) is 36.4 Å². The average Bonchev–Trinajstić information content (AvgIpc) is 3.06. The van der Waals surface area contributed by atoms with E-state index in [-0.39, 0.29) is 19.1 Å². The van der Waals surface area contributed by atoms with Gasteiger partial charge in [0.1, 0.15) is 12.4 Å². The Bertz CT molecular complexity index is 697. The predicted octanol–water partition coefficient (Wildman–Crippen LogP) is 2.48. The van der Waals surface area contributed by atoms with Crippen LogP contribution in [-0.2, 0) is 19.4 Å². The van der Waals surface area contributed by atoms with Crippen molar-refractivity contribution in [1.29, 1.82) is 0 Å². The summed E-state index contributed by atoms with van der Waals surface area (Å²) in [4.78, 5) is 12.4. The van der Waals surface area contributed by atoms with Gasteiger partial charge in [-0.25, -0.2) is 0 Å². The van der Waals surface area contributed by atoms with E-state index < -0.39 is 0 Å². The lowest BCUT2D eigenvalue weighted by molar-refractivity contribution is 0.0950. The van der Waals surface area contributed by atoms with E-state index in [0.29, 0.717) is 17.9 Å². The van der Waals surface area contributed by atoms with Crippen LogP contribution in [0.2, 0.25) is 0 Å². The van der Waals surface area contributed by atoms with Crippen LogP contribution in [0.5, 0.6) is 5.75 Å². The summed E-state index contributed by atoms with van der Waals surface area (Å²) in [6, 6.07) is 13.5. The van der Waals surface area contributed by atoms with E-state index >= 15 is 0 Å². The number of fused-ring (bicyclic) bond motifs is 1. The molecule has 23 heavy (non-hydrogen) atoms. The summed E-state index contributed by atoms with van der Waals surface area (Å²) < 4.78 is 5.48. The lowest BCUT2D eigenvalue weighted by atomic mass is 10.1. The summed E-state index contributed by atoms with van der Waals surface area (Å²) in [6.07, 6.45) is 3.36. The zero-order valence-electron chi connectivity index (χ0n) is 13.0. The Morgan fingerprint density at radius 1 is 1.13 bits per heavy atom. The van der Waals surface area contributed by atoms with Gasteiger partial charge < -0.3 is 15.2 Å². The van der Waals surface area contributed by atoms with Crippen molar-refractivity contribution in [3.8, 4) is 5.75 Å². The molecule has 0 saturated carbocycles. The highest BCUT2D eigenvalue weighted by Crippen LogP contribution is 2.23. The molecule has 120 valence electrons. The number of aliphatic hydroxyl groups is 1. The molecule has 1 aliphatic carbocycles. The molecule has 0 saturated heterocycles. The smallest absolute Gasteiger partial charge is 0.251 e. The van der Waals surface area contributed by atoms with Crippen LogP contribution in [-0.4, -0.2) is 24.2 Å². The van der Waals surface area contributed by atoms with Crippen molar-refractivity contribution < 1.29 is 14.6 Å². The van der Waals surface area contributed by atoms with E-state index in [0.717, 1.165) is 18.4 Å². The number of nitrogens with one attached hydrogen (secondary N) is 1. The summed E-state index contributed by atoms with van der Waals surface area (Å²) in [5, 5.41) is 11.8. The van der Waals surface area contributed by atoms with Crippen molar-refractivity contribution in [2.75, 3.05) is 13.2 Å². The van der Waals surface area contributed by atoms with Crippen LogP contribution in [0.15, 0.2) is 42.5 Å². The zero-order chi connectivity index (χ0) is 16.1. The summed E-state index contributed by atoms with van der Waals surface area (Å²) in [5.41, 5.74) is 4.27. The highest BCUT2D eigenvalue weighted by atomic mass is 16.5. The number of aliphatic hydroxyl groups excluding tert-OH is 1. The lowest BCUT2D eigenvalue weighted by Crippen LogP contribution is -2.23. The molecule has 4 nitrogen and oxygen atoms in total. The number of hydrogen-bond acceptors (Lipinski definition) is 3. The molecule has 1 aliphatic rings. The van der Waals surface area contributed by atoms with Gasteiger partial charge >= 0.3 is 0 Å². The Morgan fingerprint density at radius 3 is 2.83 bits per heavy atom. The molecule has 2 aromatic rings. The first-order chi connectivity index (χ1) is 11.3. The van der Waals surface area contributed by atoms with Crippen LogP contribution < -0.4 is 10.1 Å². The van der Waals surface area contributed by atoms with Crippen molar-refractivity contribution in [2.24, 2.45) is 0 Å². The van der Waals surface area contributed by atoms with E-state index in [1.54, 1.807) is 0 Å². The van der Waals surface area contributed by atoms with Gasteiger partial charge in [0, 0.05) is 17.7 Å². The van der Waals surface area contributed by atoms with Crippen molar-refractivity contribution in [3.63, 3.8) is 0 Å². The number of carbonyl (C=O) groups is 1. The number of ether oxygens (including phenoxy) is 1. The number of carbonyl (C=O) groups excluding carboxylic acids is 1. The average molecular weight is 311 g/mol. The van der Waals surface area contributed by atoms with Gasteiger partial charge in [0.2, 0.25) is 0 Å². The van der Waals surface area contributed by atoms with E-state index in [9.17, 15) is 4.79 Å². The maximum atomic E-state index is 12.4. The van der Waals surface area contributed by atoms with Gasteiger partial charge in [0.05, 0.1) is 6.61 Å². The number of amides is 1. The molecule has 1 amide bonds. The van der Waals surface area contributed by atoms with Crippen molar-refractivity contribution in [1.82, 2.24) is 5.32 Å². The molecule has 0 fully saturated rings. The van der Waals surface area contributed by atoms with Gasteiger partial charge in [0.25, 0.3) is 5.91 Å².